The lowest BCUT2D eigenvalue weighted by Gasteiger charge is -2.08. The van der Waals surface area contributed by atoms with Gasteiger partial charge in [0.2, 0.25) is 0 Å². The van der Waals surface area contributed by atoms with E-state index in [2.05, 4.69) is 16.4 Å². The van der Waals surface area contributed by atoms with Crippen molar-refractivity contribution in [3.05, 3.63) is 71.8 Å². The van der Waals surface area contributed by atoms with Crippen LogP contribution in [0, 0.1) is 12.3 Å². The van der Waals surface area contributed by atoms with E-state index in [4.69, 9.17) is 15.9 Å². The predicted molar refractivity (Wildman–Crippen MR) is 106 cm³/mol. The minimum Gasteiger partial charge on any atom is -0.497 e. The first kappa shape index (κ1) is 18.0. The molecule has 0 atom stereocenters. The third-order valence-corrected chi connectivity index (χ3v) is 3.93. The molecule has 5 heteroatoms. The van der Waals surface area contributed by atoms with E-state index in [1.54, 1.807) is 31.4 Å². The molecular formula is C22H18N2O3. The Morgan fingerprint density at radius 3 is 2.81 bits per heavy atom. The normalized spacial score (nSPS) is 10.5. The summed E-state index contributed by atoms with van der Waals surface area (Å²) < 4.78 is 10.7. The van der Waals surface area contributed by atoms with E-state index in [0.717, 1.165) is 10.8 Å². The second kappa shape index (κ2) is 8.54. The number of ether oxygens (including phenoxy) is 2. The molecule has 0 aromatic heterocycles. The Morgan fingerprint density at radius 2 is 2.00 bits per heavy atom. The molecule has 0 bridgehead atoms. The molecule has 0 spiro atoms. The monoisotopic (exact) mass is 358 g/mol. The largest absolute Gasteiger partial charge is 0.497 e. The van der Waals surface area contributed by atoms with Gasteiger partial charge in [-0.25, -0.2) is 5.43 Å². The highest BCUT2D eigenvalue weighted by molar-refractivity contribution is 6.07. The lowest BCUT2D eigenvalue weighted by atomic mass is 10.0. The molecule has 0 unspecified atom stereocenters. The Balaban J connectivity index is 1.80. The Hall–Kier alpha value is -3.78. The van der Waals surface area contributed by atoms with Crippen LogP contribution in [0.5, 0.6) is 11.5 Å². The zero-order valence-corrected chi connectivity index (χ0v) is 14.8. The minimum atomic E-state index is -0.294. The number of fused-ring (bicyclic) bond motifs is 1. The highest BCUT2D eigenvalue weighted by atomic mass is 16.5. The first-order valence-electron chi connectivity index (χ1n) is 8.28. The van der Waals surface area contributed by atoms with Gasteiger partial charge in [-0.3, -0.25) is 4.79 Å². The number of rotatable bonds is 6. The number of amides is 1. The zero-order chi connectivity index (χ0) is 19.1. The number of hydrogen-bond acceptors (Lipinski definition) is 4. The van der Waals surface area contributed by atoms with Gasteiger partial charge in [-0.15, -0.1) is 6.42 Å². The second-order valence-electron chi connectivity index (χ2n) is 5.62. The fraction of sp³-hybridized carbons (Fsp3) is 0.0909. The Bertz CT molecular complexity index is 1030. The minimum absolute atomic E-state index is 0.134. The lowest BCUT2D eigenvalue weighted by Crippen LogP contribution is -2.18. The Morgan fingerprint density at radius 1 is 1.19 bits per heavy atom. The van der Waals surface area contributed by atoms with Crippen LogP contribution in [0.25, 0.3) is 10.8 Å². The molecule has 0 fully saturated rings. The molecule has 27 heavy (non-hydrogen) atoms. The third-order valence-electron chi connectivity index (χ3n) is 3.93. The van der Waals surface area contributed by atoms with Crippen molar-refractivity contribution in [2.24, 2.45) is 5.10 Å². The molecule has 0 saturated heterocycles. The summed E-state index contributed by atoms with van der Waals surface area (Å²) in [6, 6.07) is 18.5. The fourth-order valence-electron chi connectivity index (χ4n) is 2.65. The van der Waals surface area contributed by atoms with Crippen molar-refractivity contribution in [1.82, 2.24) is 5.43 Å². The number of nitrogens with one attached hydrogen (secondary N) is 1. The number of terminal acetylenes is 1. The summed E-state index contributed by atoms with van der Waals surface area (Å²) in [5.74, 6) is 3.32. The van der Waals surface area contributed by atoms with Gasteiger partial charge in [0.25, 0.3) is 5.91 Å². The van der Waals surface area contributed by atoms with Crippen molar-refractivity contribution >= 4 is 22.9 Å². The van der Waals surface area contributed by atoms with Crippen LogP contribution in [-0.2, 0) is 0 Å². The molecule has 134 valence electrons. The summed E-state index contributed by atoms with van der Waals surface area (Å²) in [4.78, 5) is 12.5. The van der Waals surface area contributed by atoms with Gasteiger partial charge in [0.15, 0.2) is 0 Å². The van der Waals surface area contributed by atoms with Gasteiger partial charge in [-0.2, -0.15) is 5.10 Å². The SMILES string of the molecule is C#CCOc1ccc(OC)cc1/C=N/NC(=O)c1cccc2ccccc12. The highest BCUT2D eigenvalue weighted by Crippen LogP contribution is 2.23. The van der Waals surface area contributed by atoms with Gasteiger partial charge in [-0.05, 0) is 35.0 Å². The molecule has 5 nitrogen and oxygen atoms in total. The summed E-state index contributed by atoms with van der Waals surface area (Å²) in [5, 5.41) is 5.92. The van der Waals surface area contributed by atoms with Crippen LogP contribution in [0.3, 0.4) is 0 Å². The number of hydrazone groups is 1. The van der Waals surface area contributed by atoms with Gasteiger partial charge in [0.05, 0.1) is 13.3 Å². The van der Waals surface area contributed by atoms with Crippen molar-refractivity contribution in [1.29, 1.82) is 0 Å². The Labute approximate surface area is 157 Å². The fourth-order valence-corrected chi connectivity index (χ4v) is 2.65. The van der Waals surface area contributed by atoms with Gasteiger partial charge >= 0.3 is 0 Å². The summed E-state index contributed by atoms with van der Waals surface area (Å²) in [6.45, 7) is 0.134. The van der Waals surface area contributed by atoms with Crippen LogP contribution in [0.1, 0.15) is 15.9 Å². The molecule has 0 radical (unpaired) electrons. The molecule has 0 aliphatic rings. The van der Waals surface area contributed by atoms with E-state index in [1.807, 2.05) is 36.4 Å². The van der Waals surface area contributed by atoms with E-state index in [-0.39, 0.29) is 12.5 Å². The number of benzene rings is 3. The quantitative estimate of drug-likeness (QED) is 0.416. The third kappa shape index (κ3) is 4.25. The lowest BCUT2D eigenvalue weighted by molar-refractivity contribution is 0.0957. The molecule has 0 aliphatic carbocycles. The van der Waals surface area contributed by atoms with Crippen LogP contribution >= 0.6 is 0 Å². The molecule has 3 aromatic rings. The van der Waals surface area contributed by atoms with Crippen LogP contribution in [0.4, 0.5) is 0 Å². The maximum Gasteiger partial charge on any atom is 0.271 e. The summed E-state index contributed by atoms with van der Waals surface area (Å²) in [6.07, 6.45) is 6.74. The van der Waals surface area contributed by atoms with Gasteiger partial charge in [0, 0.05) is 11.1 Å². The van der Waals surface area contributed by atoms with Gasteiger partial charge < -0.3 is 9.47 Å². The van der Waals surface area contributed by atoms with Gasteiger partial charge in [0.1, 0.15) is 18.1 Å². The zero-order valence-electron chi connectivity index (χ0n) is 14.8. The standard InChI is InChI=1S/C22H18N2O3/c1-3-13-27-21-12-11-18(26-2)14-17(21)15-23-24-22(25)20-10-6-8-16-7-4-5-9-19(16)20/h1,4-12,14-15H,13H2,2H3,(H,24,25)/b23-15+. The summed E-state index contributed by atoms with van der Waals surface area (Å²) in [7, 11) is 1.57. The molecule has 1 amide bonds. The van der Waals surface area contributed by atoms with Crippen LogP contribution in [0.15, 0.2) is 65.8 Å². The van der Waals surface area contributed by atoms with Crippen LogP contribution in [-0.4, -0.2) is 25.8 Å². The average Bonchev–Trinajstić information content (AvgIpc) is 2.72. The number of hydrogen-bond donors (Lipinski definition) is 1. The average molecular weight is 358 g/mol. The number of methoxy groups -OCH3 is 1. The predicted octanol–water partition coefficient (Wildman–Crippen LogP) is 3.62. The van der Waals surface area contributed by atoms with Crippen LogP contribution < -0.4 is 14.9 Å². The molecule has 0 aliphatic heterocycles. The van der Waals surface area contributed by atoms with Gasteiger partial charge in [-0.1, -0.05) is 42.3 Å². The second-order valence-corrected chi connectivity index (χ2v) is 5.62. The molecular weight excluding hydrogens is 340 g/mol. The van der Waals surface area contributed by atoms with E-state index in [0.29, 0.717) is 22.6 Å². The van der Waals surface area contributed by atoms with E-state index < -0.39 is 0 Å². The molecule has 1 N–H and O–H groups in total. The summed E-state index contributed by atoms with van der Waals surface area (Å²) >= 11 is 0. The number of nitrogens with zero attached hydrogens (tertiary/aromatic N) is 1. The van der Waals surface area contributed by atoms with Crippen molar-refractivity contribution < 1.29 is 14.3 Å². The van der Waals surface area contributed by atoms with Crippen molar-refractivity contribution in [3.8, 4) is 23.8 Å². The number of carbonyl (C=O) groups excluding carboxylic acids is 1. The molecule has 0 saturated carbocycles. The maximum absolute atomic E-state index is 12.5. The van der Waals surface area contributed by atoms with E-state index in [1.165, 1.54) is 6.21 Å². The topological polar surface area (TPSA) is 59.9 Å². The van der Waals surface area contributed by atoms with Crippen LogP contribution in [0.2, 0.25) is 0 Å². The van der Waals surface area contributed by atoms with E-state index >= 15 is 0 Å². The summed E-state index contributed by atoms with van der Waals surface area (Å²) in [5.41, 5.74) is 3.75. The van der Waals surface area contributed by atoms with Crippen molar-refractivity contribution in [2.75, 3.05) is 13.7 Å². The number of carbonyl (C=O) groups is 1. The van der Waals surface area contributed by atoms with Crippen molar-refractivity contribution in [2.45, 2.75) is 0 Å². The highest BCUT2D eigenvalue weighted by Gasteiger charge is 2.09. The first-order chi connectivity index (χ1) is 13.2. The maximum atomic E-state index is 12.5. The van der Waals surface area contributed by atoms with E-state index in [9.17, 15) is 4.79 Å². The molecule has 3 aromatic carbocycles. The molecule has 3 rings (SSSR count). The Kier molecular flexibility index (Phi) is 5.70. The van der Waals surface area contributed by atoms with Crippen molar-refractivity contribution in [3.63, 3.8) is 0 Å². The first-order valence-corrected chi connectivity index (χ1v) is 8.28. The molecule has 0 heterocycles. The smallest absolute Gasteiger partial charge is 0.271 e.